The molecule has 3 aliphatic heterocycles. The van der Waals surface area contributed by atoms with E-state index in [-0.39, 0.29) is 41.0 Å². The normalized spacial score (nSPS) is 47.3. The summed E-state index contributed by atoms with van der Waals surface area (Å²) < 4.78 is 21.1. The van der Waals surface area contributed by atoms with E-state index in [0.29, 0.717) is 42.9 Å². The Labute approximate surface area is 286 Å². The first-order valence-electron chi connectivity index (χ1n) is 19.1. The zero-order valence-electron chi connectivity index (χ0n) is 30.2. The highest BCUT2D eigenvalue weighted by molar-refractivity contribution is 5.66. The van der Waals surface area contributed by atoms with Crippen molar-refractivity contribution < 1.29 is 24.1 Å². The number of aliphatic hydroxyl groups excluding tert-OH is 1. The molecule has 0 amide bonds. The Kier molecular flexibility index (Phi) is 8.29. The highest BCUT2D eigenvalue weighted by Gasteiger charge is 2.61. The third-order valence-electron chi connectivity index (χ3n) is 14.8. The molecule has 7 aliphatic rings. The Morgan fingerprint density at radius 3 is 2.77 bits per heavy atom. The molecule has 8 rings (SSSR count). The summed E-state index contributed by atoms with van der Waals surface area (Å²) >= 11 is 0. The van der Waals surface area contributed by atoms with Gasteiger partial charge in [0.25, 0.3) is 0 Å². The molecule has 0 aromatic carbocycles. The number of fused-ring (bicyclic) bond motifs is 6. The van der Waals surface area contributed by atoms with Gasteiger partial charge in [-0.25, -0.2) is 4.68 Å². The maximum Gasteiger partial charge on any atom is 0.303 e. The van der Waals surface area contributed by atoms with Gasteiger partial charge in [0, 0.05) is 37.9 Å². The van der Waals surface area contributed by atoms with Crippen molar-refractivity contribution in [3.8, 4) is 0 Å². The molecule has 5 fully saturated rings. The van der Waals surface area contributed by atoms with E-state index in [1.807, 2.05) is 6.20 Å². The van der Waals surface area contributed by atoms with Crippen molar-refractivity contribution in [3.63, 3.8) is 0 Å². The van der Waals surface area contributed by atoms with Crippen LogP contribution in [0.5, 0.6) is 0 Å². The van der Waals surface area contributed by atoms with Gasteiger partial charge in [-0.05, 0) is 98.9 Å². The van der Waals surface area contributed by atoms with Crippen molar-refractivity contribution in [1.82, 2.24) is 19.9 Å². The molecule has 14 atom stereocenters. The van der Waals surface area contributed by atoms with Gasteiger partial charge in [0.15, 0.2) is 12.3 Å². The first kappa shape index (κ1) is 33.1. The smallest absolute Gasteiger partial charge is 0.303 e. The Bertz CT molecular complexity index is 1490. The maximum absolute atomic E-state index is 12.0. The van der Waals surface area contributed by atoms with Crippen molar-refractivity contribution in [2.45, 2.75) is 143 Å². The molecule has 0 bridgehead atoms. The van der Waals surface area contributed by atoms with Crippen molar-refractivity contribution in [1.29, 1.82) is 0 Å². The SMILES string of the molecule is CC(=O)O[C@H]1C(C)[C@H](C)CO[C@H]1n1cc(CN2C[C@@H](C)C[C@H]3O[C@]4(CC[C@@H]5C(=C4C)C[C@H]4[C@H]5CC=C5C[C@@H](O)CC[C@@]54C)[C@H](C)[C@@H]32)nn1. The van der Waals surface area contributed by atoms with E-state index in [1.165, 1.54) is 31.8 Å². The third-order valence-corrected chi connectivity index (χ3v) is 14.8. The average Bonchev–Trinajstić information content (AvgIpc) is 3.73. The van der Waals surface area contributed by atoms with Crippen molar-refractivity contribution in [2.24, 2.45) is 46.8 Å². The second kappa shape index (κ2) is 12.0. The number of aliphatic hydroxyl groups is 1. The van der Waals surface area contributed by atoms with Crippen molar-refractivity contribution >= 4 is 5.97 Å². The molecule has 2 saturated carbocycles. The average molecular weight is 663 g/mol. The fraction of sp³-hybridized carbons (Fsp3) is 0.821. The fourth-order valence-electron chi connectivity index (χ4n) is 12.0. The maximum atomic E-state index is 12.0. The predicted molar refractivity (Wildman–Crippen MR) is 181 cm³/mol. The topological polar surface area (TPSA) is 98.9 Å². The van der Waals surface area contributed by atoms with Gasteiger partial charge < -0.3 is 19.3 Å². The van der Waals surface area contributed by atoms with Crippen LogP contribution in [0.15, 0.2) is 29.0 Å². The van der Waals surface area contributed by atoms with E-state index >= 15 is 0 Å². The molecule has 1 spiro atoms. The summed E-state index contributed by atoms with van der Waals surface area (Å²) in [4.78, 5) is 14.6. The molecule has 0 radical (unpaired) electrons. The third kappa shape index (κ3) is 5.11. The minimum Gasteiger partial charge on any atom is -0.457 e. The first-order chi connectivity index (χ1) is 22.9. The summed E-state index contributed by atoms with van der Waals surface area (Å²) in [5.74, 6) is 3.16. The molecule has 1 aromatic heterocycles. The van der Waals surface area contributed by atoms with Crippen LogP contribution in [0.25, 0.3) is 0 Å². The Morgan fingerprint density at radius 2 is 1.98 bits per heavy atom. The van der Waals surface area contributed by atoms with E-state index in [0.717, 1.165) is 50.3 Å². The number of carbonyl (C=O) groups excluding carboxylic acids is 1. The highest BCUT2D eigenvalue weighted by atomic mass is 16.6. The van der Waals surface area contributed by atoms with Gasteiger partial charge in [-0.2, -0.15) is 0 Å². The Hall–Kier alpha value is -2.07. The molecular formula is C39H58N4O5. The summed E-state index contributed by atoms with van der Waals surface area (Å²) in [7, 11) is 0. The van der Waals surface area contributed by atoms with Crippen LogP contribution >= 0.6 is 0 Å². The van der Waals surface area contributed by atoms with E-state index in [9.17, 15) is 9.90 Å². The number of ether oxygens (including phenoxy) is 3. The lowest BCUT2D eigenvalue weighted by molar-refractivity contribution is -0.194. The zero-order valence-corrected chi connectivity index (χ0v) is 30.2. The van der Waals surface area contributed by atoms with Crippen LogP contribution in [0, 0.1) is 46.8 Å². The quantitative estimate of drug-likeness (QED) is 0.299. The van der Waals surface area contributed by atoms with Crippen LogP contribution < -0.4 is 0 Å². The molecule has 48 heavy (non-hydrogen) atoms. The van der Waals surface area contributed by atoms with E-state index < -0.39 is 12.3 Å². The van der Waals surface area contributed by atoms with Crippen LogP contribution in [0.3, 0.4) is 0 Å². The second-order valence-electron chi connectivity index (χ2n) is 17.5. The van der Waals surface area contributed by atoms with Gasteiger partial charge in [-0.1, -0.05) is 57.1 Å². The highest BCUT2D eigenvalue weighted by Crippen LogP contribution is 2.65. The predicted octanol–water partition coefficient (Wildman–Crippen LogP) is 6.24. The summed E-state index contributed by atoms with van der Waals surface area (Å²) in [6, 6.07) is 0.327. The number of hydrogen-bond acceptors (Lipinski definition) is 8. The van der Waals surface area contributed by atoms with E-state index in [4.69, 9.17) is 14.2 Å². The summed E-state index contributed by atoms with van der Waals surface area (Å²) in [6.45, 7) is 17.8. The van der Waals surface area contributed by atoms with E-state index in [1.54, 1.807) is 15.8 Å². The molecule has 1 aromatic rings. The molecule has 264 valence electrons. The van der Waals surface area contributed by atoms with Gasteiger partial charge in [-0.15, -0.1) is 5.10 Å². The number of rotatable bonds is 4. The van der Waals surface area contributed by atoms with Gasteiger partial charge >= 0.3 is 5.97 Å². The lowest BCUT2D eigenvalue weighted by Gasteiger charge is -2.49. The van der Waals surface area contributed by atoms with Gasteiger partial charge in [-0.3, -0.25) is 9.69 Å². The first-order valence-corrected chi connectivity index (χ1v) is 19.1. The van der Waals surface area contributed by atoms with Crippen LogP contribution in [-0.4, -0.2) is 74.1 Å². The molecule has 9 heteroatoms. The van der Waals surface area contributed by atoms with Gasteiger partial charge in [0.05, 0.1) is 36.3 Å². The molecule has 3 saturated heterocycles. The minimum absolute atomic E-state index is 0.157. The minimum atomic E-state index is -0.474. The number of hydrogen-bond donors (Lipinski definition) is 1. The van der Waals surface area contributed by atoms with Crippen LogP contribution in [0.2, 0.25) is 0 Å². The van der Waals surface area contributed by atoms with Crippen LogP contribution in [0.4, 0.5) is 0 Å². The van der Waals surface area contributed by atoms with E-state index in [2.05, 4.69) is 62.8 Å². The van der Waals surface area contributed by atoms with Gasteiger partial charge in [0.2, 0.25) is 0 Å². The summed E-state index contributed by atoms with van der Waals surface area (Å²) in [5.41, 5.74) is 5.74. The number of nitrogens with zero attached hydrogens (tertiary/aromatic N) is 4. The van der Waals surface area contributed by atoms with Crippen molar-refractivity contribution in [2.75, 3.05) is 13.2 Å². The van der Waals surface area contributed by atoms with Crippen LogP contribution in [-0.2, 0) is 25.5 Å². The lowest BCUT2D eigenvalue weighted by atomic mass is 9.56. The molecule has 1 N–H and O–H groups in total. The second-order valence-corrected chi connectivity index (χ2v) is 17.5. The molecule has 4 heterocycles. The monoisotopic (exact) mass is 662 g/mol. The number of esters is 1. The standard InChI is InChI=1S/C39H58N4O5/c1-21-14-34-35(42(17-21)18-28-19-43(41-40-28)37-36(47-26(6)44)23(3)22(2)20-46-37)25(5)39(48-34)13-11-30-31-9-8-27-15-29(45)10-12-38(27,7)33(31)16-32(30)24(39)4/h8,19,21-23,25,29-31,33-37,45H,9-18,20H2,1-7H3/t21-,22+,23?,25+,29-,30-,31-,33-,34+,35-,36-,37+,38-,39-/m0/s1. The number of piperidine rings is 1. The number of allylic oxidation sites excluding steroid dienone is 2. The number of likely N-dealkylation sites (tertiary alicyclic amines) is 1. The summed E-state index contributed by atoms with van der Waals surface area (Å²) in [6.07, 6.45) is 12.5. The van der Waals surface area contributed by atoms with Gasteiger partial charge in [0.1, 0.15) is 0 Å². The fourth-order valence-corrected chi connectivity index (χ4v) is 12.0. The van der Waals surface area contributed by atoms with Crippen molar-refractivity contribution in [3.05, 3.63) is 34.7 Å². The molecule has 9 nitrogen and oxygen atoms in total. The van der Waals surface area contributed by atoms with Crippen LogP contribution in [0.1, 0.15) is 112 Å². The Balaban J connectivity index is 1.03. The zero-order chi connectivity index (χ0) is 33.7. The molecular weight excluding hydrogens is 604 g/mol. The molecule has 4 aliphatic carbocycles. The lowest BCUT2D eigenvalue weighted by Crippen LogP contribution is -2.51. The molecule has 1 unspecified atom stereocenters. The summed E-state index contributed by atoms with van der Waals surface area (Å²) in [5, 5.41) is 19.6. The number of carbonyl (C=O) groups is 1. The Morgan fingerprint density at radius 1 is 1.17 bits per heavy atom. The number of aromatic nitrogens is 3. The largest absolute Gasteiger partial charge is 0.457 e.